The van der Waals surface area contributed by atoms with Gasteiger partial charge < -0.3 is 15.0 Å². The van der Waals surface area contributed by atoms with Gasteiger partial charge in [0, 0.05) is 19.7 Å². The van der Waals surface area contributed by atoms with Gasteiger partial charge in [-0.25, -0.2) is 9.97 Å². The molecule has 2 aromatic rings. The number of amides is 1. The maximum Gasteiger partial charge on any atom is 0.242 e. The summed E-state index contributed by atoms with van der Waals surface area (Å²) in [6, 6.07) is 1.89. The Balaban J connectivity index is 1.49. The summed E-state index contributed by atoms with van der Waals surface area (Å²) in [5.74, 6) is 0.964. The first-order valence-corrected chi connectivity index (χ1v) is 9.05. The van der Waals surface area contributed by atoms with Gasteiger partial charge in [0.1, 0.15) is 23.0 Å². The van der Waals surface area contributed by atoms with Crippen molar-refractivity contribution in [3.8, 4) is 0 Å². The third kappa shape index (κ3) is 2.90. The highest BCUT2D eigenvalue weighted by Gasteiger charge is 2.33. The smallest absolute Gasteiger partial charge is 0.242 e. The number of hydrogen-bond acceptors (Lipinski definition) is 6. The summed E-state index contributed by atoms with van der Waals surface area (Å²) in [7, 11) is 0. The molecule has 7 heteroatoms. The van der Waals surface area contributed by atoms with Crippen LogP contribution in [-0.2, 0) is 9.53 Å². The number of nitrogens with one attached hydrogen (secondary N) is 1. The molecule has 4 heterocycles. The molecule has 0 unspecified atom stereocenters. The van der Waals surface area contributed by atoms with Crippen LogP contribution in [0.4, 0.5) is 5.82 Å². The minimum Gasteiger partial charge on any atom is -0.376 e. The van der Waals surface area contributed by atoms with Crippen LogP contribution in [0.1, 0.15) is 25.7 Å². The lowest BCUT2D eigenvalue weighted by atomic mass is 10.2. The van der Waals surface area contributed by atoms with Gasteiger partial charge in [-0.1, -0.05) is 0 Å². The van der Waals surface area contributed by atoms with Gasteiger partial charge in [-0.15, -0.1) is 11.3 Å². The summed E-state index contributed by atoms with van der Waals surface area (Å²) in [6.07, 6.45) is 5.77. The minimum absolute atomic E-state index is 0.0833. The van der Waals surface area contributed by atoms with Gasteiger partial charge >= 0.3 is 0 Å². The van der Waals surface area contributed by atoms with Crippen LogP contribution >= 0.6 is 11.3 Å². The van der Waals surface area contributed by atoms with E-state index in [-0.39, 0.29) is 18.1 Å². The predicted octanol–water partition coefficient (Wildman–Crippen LogP) is 1.96. The van der Waals surface area contributed by atoms with E-state index in [2.05, 4.69) is 20.2 Å². The number of thiophene rings is 1. The van der Waals surface area contributed by atoms with Gasteiger partial charge in [-0.05, 0) is 37.1 Å². The van der Waals surface area contributed by atoms with Crippen molar-refractivity contribution in [2.45, 2.75) is 37.8 Å². The van der Waals surface area contributed by atoms with Crippen LogP contribution in [-0.4, -0.2) is 47.7 Å². The molecular weight excluding hydrogens is 312 g/mol. The Morgan fingerprint density at radius 2 is 2.35 bits per heavy atom. The summed E-state index contributed by atoms with van der Waals surface area (Å²) in [6.45, 7) is 2.29. The van der Waals surface area contributed by atoms with Crippen molar-refractivity contribution in [3.05, 3.63) is 17.8 Å². The number of rotatable bonds is 4. The first kappa shape index (κ1) is 14.8. The summed E-state index contributed by atoms with van der Waals surface area (Å²) < 4.78 is 5.58. The van der Waals surface area contributed by atoms with Crippen molar-refractivity contribution in [2.75, 3.05) is 24.6 Å². The standard InChI is InChI=1S/C16H20N4O2S/c21-15(17-9-11-3-2-7-22-11)13-4-1-6-20(13)14-12-5-8-23-16(12)19-10-18-14/h5,8,10-11,13H,1-4,6-7,9H2,(H,17,21)/t11-,13+/m1/s1. The van der Waals surface area contributed by atoms with E-state index in [1.807, 2.05) is 11.4 Å². The summed E-state index contributed by atoms with van der Waals surface area (Å²) in [4.78, 5) is 24.5. The molecule has 2 saturated heterocycles. The van der Waals surface area contributed by atoms with Crippen molar-refractivity contribution < 1.29 is 9.53 Å². The molecule has 2 fully saturated rings. The number of nitrogens with zero attached hydrogens (tertiary/aromatic N) is 3. The molecule has 0 spiro atoms. The predicted molar refractivity (Wildman–Crippen MR) is 89.8 cm³/mol. The highest BCUT2D eigenvalue weighted by molar-refractivity contribution is 7.16. The molecular formula is C16H20N4O2S. The number of fused-ring (bicyclic) bond motifs is 1. The third-order valence-electron chi connectivity index (χ3n) is 4.60. The maximum atomic E-state index is 12.6. The molecule has 2 aromatic heterocycles. The zero-order chi connectivity index (χ0) is 15.6. The highest BCUT2D eigenvalue weighted by Crippen LogP contribution is 2.31. The number of carbonyl (C=O) groups is 1. The molecule has 0 bridgehead atoms. The molecule has 4 rings (SSSR count). The normalized spacial score (nSPS) is 24.4. The van der Waals surface area contributed by atoms with Gasteiger partial charge in [0.05, 0.1) is 11.5 Å². The van der Waals surface area contributed by atoms with Crippen LogP contribution in [0.25, 0.3) is 10.2 Å². The van der Waals surface area contributed by atoms with Crippen molar-refractivity contribution in [1.82, 2.24) is 15.3 Å². The molecule has 2 aliphatic heterocycles. The zero-order valence-corrected chi connectivity index (χ0v) is 13.7. The van der Waals surface area contributed by atoms with Crippen LogP contribution in [0.5, 0.6) is 0 Å². The van der Waals surface area contributed by atoms with Crippen molar-refractivity contribution in [2.24, 2.45) is 0 Å². The molecule has 1 amide bonds. The minimum atomic E-state index is -0.144. The van der Waals surface area contributed by atoms with Gasteiger partial charge in [-0.3, -0.25) is 4.79 Å². The number of aromatic nitrogens is 2. The van der Waals surface area contributed by atoms with Gasteiger partial charge in [0.25, 0.3) is 0 Å². The number of carbonyl (C=O) groups excluding carboxylic acids is 1. The zero-order valence-electron chi connectivity index (χ0n) is 12.9. The molecule has 0 aromatic carbocycles. The Morgan fingerprint density at radius 3 is 3.22 bits per heavy atom. The van der Waals surface area contributed by atoms with Crippen LogP contribution < -0.4 is 10.2 Å². The van der Waals surface area contributed by atoms with Crippen molar-refractivity contribution in [3.63, 3.8) is 0 Å². The van der Waals surface area contributed by atoms with Crippen LogP contribution in [0.2, 0.25) is 0 Å². The number of anilines is 1. The van der Waals surface area contributed by atoms with Crippen molar-refractivity contribution >= 4 is 33.3 Å². The SMILES string of the molecule is O=C(NC[C@H]1CCCO1)[C@@H]1CCCN1c1ncnc2sccc12. The quantitative estimate of drug-likeness (QED) is 0.927. The van der Waals surface area contributed by atoms with E-state index in [1.165, 1.54) is 0 Å². The molecule has 0 aliphatic carbocycles. The Kier molecular flexibility index (Phi) is 4.13. The van der Waals surface area contributed by atoms with E-state index < -0.39 is 0 Å². The molecule has 2 aliphatic rings. The van der Waals surface area contributed by atoms with E-state index in [1.54, 1.807) is 17.7 Å². The summed E-state index contributed by atoms with van der Waals surface area (Å²) in [5.41, 5.74) is 0. The third-order valence-corrected chi connectivity index (χ3v) is 5.42. The lowest BCUT2D eigenvalue weighted by Gasteiger charge is -2.25. The van der Waals surface area contributed by atoms with Gasteiger partial charge in [0.15, 0.2) is 0 Å². The fourth-order valence-electron chi connectivity index (χ4n) is 3.44. The van der Waals surface area contributed by atoms with Crippen molar-refractivity contribution in [1.29, 1.82) is 0 Å². The molecule has 0 saturated carbocycles. The molecule has 0 radical (unpaired) electrons. The Morgan fingerprint density at radius 1 is 1.39 bits per heavy atom. The number of hydrogen-bond donors (Lipinski definition) is 1. The Bertz CT molecular complexity index is 698. The lowest BCUT2D eigenvalue weighted by molar-refractivity contribution is -0.122. The fourth-order valence-corrected chi connectivity index (χ4v) is 4.16. The largest absolute Gasteiger partial charge is 0.376 e. The van der Waals surface area contributed by atoms with Crippen LogP contribution in [0.3, 0.4) is 0 Å². The second-order valence-corrected chi connectivity index (χ2v) is 6.96. The average molecular weight is 332 g/mol. The van der Waals surface area contributed by atoms with Gasteiger partial charge in [0.2, 0.25) is 5.91 Å². The monoisotopic (exact) mass is 332 g/mol. The van der Waals surface area contributed by atoms with E-state index in [4.69, 9.17) is 4.74 Å². The first-order valence-electron chi connectivity index (χ1n) is 8.17. The molecule has 2 atom stereocenters. The Hall–Kier alpha value is -1.73. The van der Waals surface area contributed by atoms with Crippen LogP contribution in [0, 0.1) is 0 Å². The van der Waals surface area contributed by atoms with Gasteiger partial charge in [-0.2, -0.15) is 0 Å². The average Bonchev–Trinajstić information content (AvgIpc) is 3.32. The first-order chi connectivity index (χ1) is 11.3. The maximum absolute atomic E-state index is 12.6. The van der Waals surface area contributed by atoms with E-state index in [0.717, 1.165) is 54.9 Å². The molecule has 23 heavy (non-hydrogen) atoms. The second kappa shape index (κ2) is 6.41. The Labute approximate surface area is 138 Å². The topological polar surface area (TPSA) is 67.3 Å². The number of ether oxygens (including phenoxy) is 1. The molecule has 1 N–H and O–H groups in total. The van der Waals surface area contributed by atoms with E-state index in [9.17, 15) is 4.79 Å². The summed E-state index contributed by atoms with van der Waals surface area (Å²) >= 11 is 1.60. The molecule has 122 valence electrons. The lowest BCUT2D eigenvalue weighted by Crippen LogP contribution is -2.45. The van der Waals surface area contributed by atoms with E-state index >= 15 is 0 Å². The second-order valence-electron chi connectivity index (χ2n) is 6.07. The van der Waals surface area contributed by atoms with E-state index in [0.29, 0.717) is 6.54 Å². The summed E-state index contributed by atoms with van der Waals surface area (Å²) in [5, 5.41) is 6.12. The fraction of sp³-hybridized carbons (Fsp3) is 0.562. The highest BCUT2D eigenvalue weighted by atomic mass is 32.1. The van der Waals surface area contributed by atoms with Crippen LogP contribution in [0.15, 0.2) is 17.8 Å². The molecule has 6 nitrogen and oxygen atoms in total.